The summed E-state index contributed by atoms with van der Waals surface area (Å²) in [6, 6.07) is 0. The van der Waals surface area contributed by atoms with Crippen LogP contribution in [0.5, 0.6) is 0 Å². The van der Waals surface area contributed by atoms with E-state index in [-0.39, 0.29) is 18.1 Å². The van der Waals surface area contributed by atoms with Gasteiger partial charge in [-0.15, -0.1) is 5.10 Å². The lowest BCUT2D eigenvalue weighted by Crippen LogP contribution is -2.47. The van der Waals surface area contributed by atoms with Crippen LogP contribution in [0, 0.1) is 0 Å². The molecule has 10 nitrogen and oxygen atoms in total. The number of hydrogen-bond donors (Lipinski definition) is 1. The summed E-state index contributed by atoms with van der Waals surface area (Å²) >= 11 is 0. The number of esters is 1. The van der Waals surface area contributed by atoms with E-state index >= 15 is 0 Å². The molecule has 10 heteroatoms. The molecule has 1 saturated heterocycles. The molecule has 1 aliphatic rings. The van der Waals surface area contributed by atoms with Gasteiger partial charge in [-0.1, -0.05) is 6.92 Å². The first kappa shape index (κ1) is 19.2. The van der Waals surface area contributed by atoms with Crippen LogP contribution < -0.4 is 20.7 Å². The predicted octanol–water partition coefficient (Wildman–Crippen LogP) is -0.508. The van der Waals surface area contributed by atoms with Crippen LogP contribution in [-0.2, 0) is 22.5 Å². The summed E-state index contributed by atoms with van der Waals surface area (Å²) in [5.41, 5.74) is 1.16. The summed E-state index contributed by atoms with van der Waals surface area (Å²) in [6.07, 6.45) is 0.592. The Balaban J connectivity index is 2.25. The lowest BCUT2D eigenvalue weighted by atomic mass is 10.2. The van der Waals surface area contributed by atoms with Gasteiger partial charge in [-0.25, -0.2) is 0 Å². The number of hydrogen-bond acceptors (Lipinski definition) is 8. The van der Waals surface area contributed by atoms with E-state index in [4.69, 9.17) is 4.74 Å². The number of piperazine rings is 1. The summed E-state index contributed by atoms with van der Waals surface area (Å²) in [5, 5.41) is 7.66. The molecule has 0 aromatic carbocycles. The van der Waals surface area contributed by atoms with Crippen molar-refractivity contribution < 1.29 is 9.53 Å². The Morgan fingerprint density at radius 2 is 1.96 bits per heavy atom. The van der Waals surface area contributed by atoms with Crippen LogP contribution in [0.25, 0.3) is 5.78 Å². The van der Waals surface area contributed by atoms with Crippen molar-refractivity contribution in [3.63, 3.8) is 0 Å². The van der Waals surface area contributed by atoms with Gasteiger partial charge in [0.1, 0.15) is 12.2 Å². The lowest BCUT2D eigenvalue weighted by molar-refractivity contribution is -0.143. The van der Waals surface area contributed by atoms with Gasteiger partial charge in [0.2, 0.25) is 11.7 Å². The van der Waals surface area contributed by atoms with Gasteiger partial charge in [-0.2, -0.15) is 9.50 Å². The van der Waals surface area contributed by atoms with Crippen LogP contribution in [0.3, 0.4) is 0 Å². The zero-order valence-electron chi connectivity index (χ0n) is 16.4. The van der Waals surface area contributed by atoms with Crippen molar-refractivity contribution in [2.45, 2.75) is 26.8 Å². The number of nitrogens with one attached hydrogen (secondary N) is 1. The summed E-state index contributed by atoms with van der Waals surface area (Å²) in [5.74, 6) is 0.412. The molecular weight excluding hydrogens is 350 g/mol. The number of fused-ring (bicyclic) bond motifs is 1. The van der Waals surface area contributed by atoms with Gasteiger partial charge in [-0.05, 0) is 13.3 Å². The fourth-order valence-electron chi connectivity index (χ4n) is 3.33. The maximum absolute atomic E-state index is 13.3. The highest BCUT2D eigenvalue weighted by Crippen LogP contribution is 2.21. The molecule has 0 amide bonds. The number of nitrogens with zero attached hydrogens (tertiary/aromatic N) is 6. The minimum atomic E-state index is -0.363. The summed E-state index contributed by atoms with van der Waals surface area (Å²) in [4.78, 5) is 33.8. The Morgan fingerprint density at radius 3 is 2.56 bits per heavy atom. The van der Waals surface area contributed by atoms with E-state index < -0.39 is 0 Å². The predicted molar refractivity (Wildman–Crippen MR) is 103 cm³/mol. The van der Waals surface area contributed by atoms with Crippen molar-refractivity contribution in [3.8, 4) is 0 Å². The molecule has 27 heavy (non-hydrogen) atoms. The first-order chi connectivity index (χ1) is 13.0. The van der Waals surface area contributed by atoms with Gasteiger partial charge < -0.3 is 24.4 Å². The minimum absolute atomic E-state index is 0.00849. The molecule has 2 aromatic rings. The molecule has 0 aliphatic carbocycles. The van der Waals surface area contributed by atoms with Crippen molar-refractivity contribution in [2.75, 3.05) is 56.7 Å². The van der Waals surface area contributed by atoms with Crippen LogP contribution >= 0.6 is 0 Å². The topological polar surface area (TPSA) is 97.0 Å². The SMILES string of the molecule is CCOC(=O)Cn1c(CC)c(N2CCNCC2)c(=O)n2nc(N(C)C)nc12. The van der Waals surface area contributed by atoms with E-state index in [2.05, 4.69) is 20.3 Å². The molecule has 1 aliphatic heterocycles. The van der Waals surface area contributed by atoms with Crippen molar-refractivity contribution in [3.05, 3.63) is 16.0 Å². The van der Waals surface area contributed by atoms with Crippen LogP contribution in [0.15, 0.2) is 4.79 Å². The van der Waals surface area contributed by atoms with Gasteiger partial charge in [0.25, 0.3) is 5.56 Å². The highest BCUT2D eigenvalue weighted by Gasteiger charge is 2.25. The van der Waals surface area contributed by atoms with Crippen molar-refractivity contribution in [2.24, 2.45) is 0 Å². The Morgan fingerprint density at radius 1 is 1.26 bits per heavy atom. The molecule has 0 atom stereocenters. The highest BCUT2D eigenvalue weighted by atomic mass is 16.5. The molecular formula is C17H27N7O3. The molecule has 3 heterocycles. The number of anilines is 2. The average Bonchev–Trinajstić information content (AvgIpc) is 3.11. The monoisotopic (exact) mass is 377 g/mol. The average molecular weight is 377 g/mol. The molecule has 0 radical (unpaired) electrons. The maximum Gasteiger partial charge on any atom is 0.326 e. The second-order valence-corrected chi connectivity index (χ2v) is 6.60. The van der Waals surface area contributed by atoms with Crippen LogP contribution in [0.4, 0.5) is 11.6 Å². The lowest BCUT2D eigenvalue weighted by Gasteiger charge is -2.31. The third-order valence-electron chi connectivity index (χ3n) is 4.58. The molecule has 0 spiro atoms. The second-order valence-electron chi connectivity index (χ2n) is 6.60. The molecule has 148 valence electrons. The zero-order chi connectivity index (χ0) is 19.6. The Hall–Kier alpha value is -2.62. The van der Waals surface area contributed by atoms with Gasteiger partial charge >= 0.3 is 5.97 Å². The maximum atomic E-state index is 13.3. The number of carbonyl (C=O) groups is 1. The quantitative estimate of drug-likeness (QED) is 0.673. The number of aromatic nitrogens is 4. The van der Waals surface area contributed by atoms with E-state index in [1.165, 1.54) is 4.52 Å². The third-order valence-corrected chi connectivity index (χ3v) is 4.58. The van der Waals surface area contributed by atoms with Gasteiger partial charge in [0.05, 0.1) is 12.3 Å². The summed E-state index contributed by atoms with van der Waals surface area (Å²) in [7, 11) is 3.62. The smallest absolute Gasteiger partial charge is 0.326 e. The van der Waals surface area contributed by atoms with E-state index in [0.717, 1.165) is 31.9 Å². The summed E-state index contributed by atoms with van der Waals surface area (Å²) < 4.78 is 8.19. The van der Waals surface area contributed by atoms with Gasteiger partial charge in [0.15, 0.2) is 0 Å². The minimum Gasteiger partial charge on any atom is -0.465 e. The molecule has 0 unspecified atom stereocenters. The molecule has 2 aromatic heterocycles. The molecule has 3 rings (SSSR count). The number of rotatable bonds is 6. The van der Waals surface area contributed by atoms with E-state index in [9.17, 15) is 9.59 Å². The van der Waals surface area contributed by atoms with Crippen LogP contribution in [-0.4, -0.2) is 72.0 Å². The Bertz CT molecular complexity index is 881. The molecule has 0 saturated carbocycles. The van der Waals surface area contributed by atoms with E-state index in [1.54, 1.807) is 16.4 Å². The van der Waals surface area contributed by atoms with E-state index in [1.807, 2.05) is 21.0 Å². The molecule has 1 fully saturated rings. The van der Waals surface area contributed by atoms with Crippen molar-refractivity contribution in [1.29, 1.82) is 0 Å². The fourth-order valence-corrected chi connectivity index (χ4v) is 3.33. The van der Waals surface area contributed by atoms with E-state index in [0.29, 0.717) is 30.4 Å². The highest BCUT2D eigenvalue weighted by molar-refractivity contribution is 5.71. The van der Waals surface area contributed by atoms with Gasteiger partial charge in [0, 0.05) is 40.3 Å². The summed E-state index contributed by atoms with van der Waals surface area (Å²) in [6.45, 7) is 7.10. The standard InChI is InChI=1S/C17H27N7O3/c1-5-12-14(22-9-7-18-8-10-22)15(26)24-17(19-16(20-24)21(3)4)23(12)11-13(25)27-6-2/h18H,5-11H2,1-4H3. The van der Waals surface area contributed by atoms with Gasteiger partial charge in [-0.3, -0.25) is 9.59 Å². The third kappa shape index (κ3) is 3.61. The largest absolute Gasteiger partial charge is 0.465 e. The first-order valence-corrected chi connectivity index (χ1v) is 9.29. The molecule has 0 bridgehead atoms. The van der Waals surface area contributed by atoms with Crippen LogP contribution in [0.1, 0.15) is 19.5 Å². The Kier molecular flexibility index (Phi) is 5.64. The normalized spacial score (nSPS) is 14.6. The number of ether oxygens (including phenoxy) is 1. The number of carbonyl (C=O) groups excluding carboxylic acids is 1. The fraction of sp³-hybridized carbons (Fsp3) is 0.647. The Labute approximate surface area is 157 Å². The second kappa shape index (κ2) is 7.95. The first-order valence-electron chi connectivity index (χ1n) is 9.29. The molecule has 1 N–H and O–H groups in total. The van der Waals surface area contributed by atoms with Crippen molar-refractivity contribution in [1.82, 2.24) is 24.5 Å². The van der Waals surface area contributed by atoms with Crippen molar-refractivity contribution >= 4 is 23.4 Å². The zero-order valence-corrected chi connectivity index (χ0v) is 16.4. The van der Waals surface area contributed by atoms with Crippen LogP contribution in [0.2, 0.25) is 0 Å².